The van der Waals surface area contributed by atoms with Crippen LogP contribution in [0.3, 0.4) is 0 Å². The van der Waals surface area contributed by atoms with Gasteiger partial charge < -0.3 is 9.88 Å². The van der Waals surface area contributed by atoms with E-state index in [2.05, 4.69) is 23.9 Å². The highest BCUT2D eigenvalue weighted by atomic mass is 32.2. The largest absolute Gasteiger partial charge is 0.349 e. The predicted molar refractivity (Wildman–Crippen MR) is 84.6 cm³/mol. The number of nitrogens with one attached hydrogen (secondary N) is 2. The van der Waals surface area contributed by atoms with Crippen LogP contribution >= 0.6 is 0 Å². The van der Waals surface area contributed by atoms with Crippen molar-refractivity contribution in [3.05, 3.63) is 18.0 Å². The Kier molecular flexibility index (Phi) is 5.46. The summed E-state index contributed by atoms with van der Waals surface area (Å²) in [7, 11) is -3.38. The smallest absolute Gasteiger partial charge is 0.242 e. The molecule has 1 aliphatic carbocycles. The van der Waals surface area contributed by atoms with E-state index in [1.165, 1.54) is 0 Å². The average Bonchev–Trinajstić information content (AvgIpc) is 3.05. The molecule has 5 nitrogen and oxygen atoms in total. The summed E-state index contributed by atoms with van der Waals surface area (Å²) in [6, 6.07) is 1.92. The van der Waals surface area contributed by atoms with Crippen LogP contribution in [0.5, 0.6) is 0 Å². The van der Waals surface area contributed by atoms with E-state index < -0.39 is 10.0 Å². The van der Waals surface area contributed by atoms with E-state index >= 15 is 0 Å². The van der Waals surface area contributed by atoms with E-state index in [0.29, 0.717) is 17.4 Å². The Hall–Kier alpha value is -0.850. The maximum atomic E-state index is 12.4. The topological polar surface area (TPSA) is 63.1 Å². The van der Waals surface area contributed by atoms with Crippen LogP contribution in [-0.2, 0) is 23.1 Å². The molecule has 1 aromatic heterocycles. The van der Waals surface area contributed by atoms with Gasteiger partial charge in [0.1, 0.15) is 0 Å². The molecule has 2 unspecified atom stereocenters. The molecule has 1 aliphatic rings. The van der Waals surface area contributed by atoms with E-state index in [9.17, 15) is 8.42 Å². The summed E-state index contributed by atoms with van der Waals surface area (Å²) in [5.74, 6) is 0.513. The van der Waals surface area contributed by atoms with E-state index in [0.717, 1.165) is 38.0 Å². The van der Waals surface area contributed by atoms with Crippen LogP contribution in [0.1, 0.15) is 45.7 Å². The number of hydrogen-bond donors (Lipinski definition) is 2. The molecule has 0 aromatic carbocycles. The van der Waals surface area contributed by atoms with Crippen molar-refractivity contribution in [1.29, 1.82) is 0 Å². The first-order chi connectivity index (χ1) is 10.0. The molecular formula is C15H27N3O2S. The fourth-order valence-corrected chi connectivity index (χ4v) is 4.00. The maximum absolute atomic E-state index is 12.4. The first kappa shape index (κ1) is 16.5. The van der Waals surface area contributed by atoms with Crippen LogP contribution < -0.4 is 10.0 Å². The molecule has 0 amide bonds. The molecule has 120 valence electrons. The van der Waals surface area contributed by atoms with Gasteiger partial charge in [0.25, 0.3) is 0 Å². The van der Waals surface area contributed by atoms with Gasteiger partial charge in [-0.1, -0.05) is 20.3 Å². The highest BCUT2D eigenvalue weighted by molar-refractivity contribution is 7.89. The Labute approximate surface area is 128 Å². The predicted octanol–water partition coefficient (Wildman–Crippen LogP) is 2.08. The van der Waals surface area contributed by atoms with Gasteiger partial charge in [0, 0.05) is 31.0 Å². The molecule has 1 saturated carbocycles. The maximum Gasteiger partial charge on any atom is 0.242 e. The number of nitrogens with zero attached hydrogens (tertiary/aromatic N) is 1. The van der Waals surface area contributed by atoms with Crippen LogP contribution in [0.25, 0.3) is 0 Å². The molecule has 2 atom stereocenters. The lowest BCUT2D eigenvalue weighted by Gasteiger charge is -2.06. The lowest BCUT2D eigenvalue weighted by molar-refractivity contribution is 0.575. The van der Waals surface area contributed by atoms with Gasteiger partial charge in [-0.25, -0.2) is 13.1 Å². The van der Waals surface area contributed by atoms with Crippen molar-refractivity contribution in [3.63, 3.8) is 0 Å². The second kappa shape index (κ2) is 6.94. The van der Waals surface area contributed by atoms with Crippen LogP contribution in [-0.4, -0.2) is 25.6 Å². The molecule has 1 fully saturated rings. The molecule has 2 rings (SSSR count). The van der Waals surface area contributed by atoms with Gasteiger partial charge in [-0.2, -0.15) is 0 Å². The molecule has 6 heteroatoms. The van der Waals surface area contributed by atoms with Crippen molar-refractivity contribution >= 4 is 10.0 Å². The molecule has 0 saturated heterocycles. The number of rotatable bonds is 9. The Bertz CT molecular complexity index is 565. The Balaban J connectivity index is 2.08. The zero-order chi connectivity index (χ0) is 15.5. The van der Waals surface area contributed by atoms with Crippen molar-refractivity contribution in [2.45, 2.75) is 64.1 Å². The highest BCUT2D eigenvalue weighted by Crippen LogP contribution is 2.34. The molecule has 0 aliphatic heterocycles. The van der Waals surface area contributed by atoms with Gasteiger partial charge in [0.2, 0.25) is 10.0 Å². The van der Waals surface area contributed by atoms with E-state index in [4.69, 9.17) is 0 Å². The normalized spacial score (nSPS) is 21.7. The number of aromatic nitrogens is 1. The lowest BCUT2D eigenvalue weighted by atomic mass is 10.3. The number of hydrogen-bond acceptors (Lipinski definition) is 3. The van der Waals surface area contributed by atoms with Crippen LogP contribution in [0.4, 0.5) is 0 Å². The summed E-state index contributed by atoms with van der Waals surface area (Å²) >= 11 is 0. The van der Waals surface area contributed by atoms with Crippen LogP contribution in [0, 0.1) is 5.92 Å². The number of sulfonamides is 1. The highest BCUT2D eigenvalue weighted by Gasteiger charge is 2.38. The minimum atomic E-state index is -3.38. The summed E-state index contributed by atoms with van der Waals surface area (Å²) in [5.41, 5.74) is 1.02. The molecule has 0 radical (unpaired) electrons. The third-order valence-corrected chi connectivity index (χ3v) is 5.56. The van der Waals surface area contributed by atoms with E-state index in [1.54, 1.807) is 12.3 Å². The van der Waals surface area contributed by atoms with Gasteiger partial charge >= 0.3 is 0 Å². The summed E-state index contributed by atoms with van der Waals surface area (Å²) in [4.78, 5) is 0.388. The zero-order valence-corrected chi connectivity index (χ0v) is 14.0. The molecular weight excluding hydrogens is 286 g/mol. The van der Waals surface area contributed by atoms with Crippen molar-refractivity contribution in [2.75, 3.05) is 6.54 Å². The molecule has 21 heavy (non-hydrogen) atoms. The molecule has 0 bridgehead atoms. The fourth-order valence-electron chi connectivity index (χ4n) is 2.62. The Morgan fingerprint density at radius 1 is 1.33 bits per heavy atom. The van der Waals surface area contributed by atoms with Gasteiger partial charge in [0.15, 0.2) is 0 Å². The minimum absolute atomic E-state index is 0.131. The van der Waals surface area contributed by atoms with Gasteiger partial charge in [-0.3, -0.25) is 0 Å². The van der Waals surface area contributed by atoms with Crippen molar-refractivity contribution in [3.8, 4) is 0 Å². The van der Waals surface area contributed by atoms with Crippen molar-refractivity contribution in [2.24, 2.45) is 5.92 Å². The Morgan fingerprint density at radius 2 is 2.10 bits per heavy atom. The van der Waals surface area contributed by atoms with Crippen LogP contribution in [0.15, 0.2) is 17.2 Å². The van der Waals surface area contributed by atoms with Crippen LogP contribution in [0.2, 0.25) is 0 Å². The molecule has 1 aromatic rings. The standard InChI is InChI=1S/C15H27N3O2S/c1-4-7-16-10-13-9-14(11-18(13)6-3)21(19,20)17-15-8-12(15)5-2/h9,11-12,15-17H,4-8,10H2,1-3H3. The molecule has 0 spiro atoms. The van der Waals surface area contributed by atoms with Gasteiger partial charge in [-0.15, -0.1) is 0 Å². The quantitative estimate of drug-likeness (QED) is 0.686. The van der Waals surface area contributed by atoms with Gasteiger partial charge in [0.05, 0.1) is 4.90 Å². The van der Waals surface area contributed by atoms with E-state index in [1.807, 2.05) is 11.5 Å². The third-order valence-electron chi connectivity index (χ3n) is 4.10. The average molecular weight is 313 g/mol. The molecule has 2 N–H and O–H groups in total. The summed E-state index contributed by atoms with van der Waals surface area (Å²) in [6.45, 7) is 8.67. The second-order valence-electron chi connectivity index (χ2n) is 5.76. The SMILES string of the molecule is CCCNCc1cc(S(=O)(=O)NC2CC2CC)cn1CC. The molecule has 1 heterocycles. The van der Waals surface area contributed by atoms with Crippen molar-refractivity contribution in [1.82, 2.24) is 14.6 Å². The lowest BCUT2D eigenvalue weighted by Crippen LogP contribution is -2.26. The second-order valence-corrected chi connectivity index (χ2v) is 7.48. The monoisotopic (exact) mass is 313 g/mol. The first-order valence-corrected chi connectivity index (χ1v) is 9.42. The zero-order valence-electron chi connectivity index (χ0n) is 13.2. The Morgan fingerprint density at radius 3 is 2.67 bits per heavy atom. The first-order valence-electron chi connectivity index (χ1n) is 7.93. The summed E-state index contributed by atoms with van der Waals surface area (Å²) in [6.07, 6.45) is 4.82. The minimum Gasteiger partial charge on any atom is -0.349 e. The summed E-state index contributed by atoms with van der Waals surface area (Å²) < 4.78 is 29.6. The third kappa shape index (κ3) is 4.08. The fraction of sp³-hybridized carbons (Fsp3) is 0.733. The number of aryl methyl sites for hydroxylation is 1. The van der Waals surface area contributed by atoms with Crippen molar-refractivity contribution < 1.29 is 8.42 Å². The van der Waals surface area contributed by atoms with Gasteiger partial charge in [-0.05, 0) is 38.3 Å². The summed E-state index contributed by atoms with van der Waals surface area (Å²) in [5, 5.41) is 3.32. The van der Waals surface area contributed by atoms with E-state index in [-0.39, 0.29) is 6.04 Å².